The van der Waals surface area contributed by atoms with Crippen molar-refractivity contribution in [2.75, 3.05) is 0 Å². The number of rotatable bonds is 6. The van der Waals surface area contributed by atoms with Gasteiger partial charge in [-0.15, -0.1) is 0 Å². The summed E-state index contributed by atoms with van der Waals surface area (Å²) >= 11 is 3.33. The van der Waals surface area contributed by atoms with Gasteiger partial charge in [-0.1, -0.05) is 28.1 Å². The fraction of sp³-hybridized carbons (Fsp3) is 0.308. The zero-order chi connectivity index (χ0) is 14.6. The Hall–Kier alpha value is -1.18. The van der Waals surface area contributed by atoms with Gasteiger partial charge in [0.15, 0.2) is 0 Å². The maximum absolute atomic E-state index is 12.2. The Labute approximate surface area is 127 Å². The first-order chi connectivity index (χ1) is 9.51. The number of hydrogen-bond donors (Lipinski definition) is 1. The number of benzene rings is 1. The molecule has 0 aliphatic heterocycles. The summed E-state index contributed by atoms with van der Waals surface area (Å²) in [5.41, 5.74) is 1.04. The number of nitrogens with zero attached hydrogens (tertiary/aromatic N) is 2. The fourth-order valence-electron chi connectivity index (χ4n) is 1.84. The normalized spacial score (nSPS) is 13.3. The number of nitrogens with one attached hydrogen (secondary N) is 1. The van der Waals surface area contributed by atoms with Gasteiger partial charge in [0.2, 0.25) is 10.0 Å². The van der Waals surface area contributed by atoms with E-state index in [0.29, 0.717) is 11.9 Å². The van der Waals surface area contributed by atoms with Crippen molar-refractivity contribution in [1.29, 1.82) is 0 Å². The largest absolute Gasteiger partial charge is 0.336 e. The Morgan fingerprint density at radius 2 is 2.05 bits per heavy atom. The van der Waals surface area contributed by atoms with Crippen LogP contribution in [0, 0.1) is 0 Å². The van der Waals surface area contributed by atoms with Crippen LogP contribution in [-0.2, 0) is 21.9 Å². The van der Waals surface area contributed by atoms with E-state index in [1.165, 1.54) is 0 Å². The molecule has 1 N–H and O–H groups in total. The van der Waals surface area contributed by atoms with Gasteiger partial charge in [0.05, 0.1) is 11.2 Å². The topological polar surface area (TPSA) is 64.0 Å². The summed E-state index contributed by atoms with van der Waals surface area (Å²) in [6.45, 7) is 2.36. The Bertz CT molecular complexity index is 639. The molecule has 1 aromatic carbocycles. The smallest absolute Gasteiger partial charge is 0.240 e. The van der Waals surface area contributed by atoms with Crippen LogP contribution in [0.3, 0.4) is 0 Å². The van der Waals surface area contributed by atoms with E-state index in [1.54, 1.807) is 43.0 Å². The average Bonchev–Trinajstić information content (AvgIpc) is 2.91. The van der Waals surface area contributed by atoms with Crippen LogP contribution in [0.5, 0.6) is 0 Å². The van der Waals surface area contributed by atoms with E-state index in [2.05, 4.69) is 25.6 Å². The third kappa shape index (κ3) is 3.91. The molecule has 108 valence electrons. The molecule has 1 aromatic heterocycles. The van der Waals surface area contributed by atoms with Gasteiger partial charge < -0.3 is 4.57 Å². The Kier molecular flexibility index (Phi) is 4.95. The van der Waals surface area contributed by atoms with Gasteiger partial charge in [-0.25, -0.2) is 18.1 Å². The molecule has 0 bridgehead atoms. The second-order valence-electron chi connectivity index (χ2n) is 4.56. The fourth-order valence-corrected chi connectivity index (χ4v) is 3.45. The van der Waals surface area contributed by atoms with Gasteiger partial charge in [0, 0.05) is 30.3 Å². The van der Waals surface area contributed by atoms with Gasteiger partial charge in [0.1, 0.15) is 0 Å². The zero-order valence-electron chi connectivity index (χ0n) is 11.0. The summed E-state index contributed by atoms with van der Waals surface area (Å²) in [6.07, 6.45) is 5.13. The summed E-state index contributed by atoms with van der Waals surface area (Å²) < 4.78 is 28.9. The Balaban J connectivity index is 2.05. The van der Waals surface area contributed by atoms with Crippen LogP contribution in [0.4, 0.5) is 0 Å². The third-order valence-electron chi connectivity index (χ3n) is 2.79. The van der Waals surface area contributed by atoms with Crippen molar-refractivity contribution < 1.29 is 8.42 Å². The molecule has 2 aromatic rings. The van der Waals surface area contributed by atoms with E-state index in [-0.39, 0.29) is 10.9 Å². The van der Waals surface area contributed by atoms with Crippen LogP contribution < -0.4 is 4.72 Å². The maximum atomic E-state index is 12.2. The van der Waals surface area contributed by atoms with Gasteiger partial charge in [-0.05, 0) is 24.6 Å². The number of aromatic nitrogens is 2. The average molecular weight is 358 g/mol. The van der Waals surface area contributed by atoms with Crippen molar-refractivity contribution in [3.8, 4) is 0 Å². The highest BCUT2D eigenvalue weighted by Crippen LogP contribution is 2.13. The monoisotopic (exact) mass is 357 g/mol. The maximum Gasteiger partial charge on any atom is 0.240 e. The van der Waals surface area contributed by atoms with E-state index in [9.17, 15) is 8.42 Å². The summed E-state index contributed by atoms with van der Waals surface area (Å²) in [5, 5.41) is 0.706. The van der Waals surface area contributed by atoms with Crippen LogP contribution in [0.1, 0.15) is 12.5 Å². The van der Waals surface area contributed by atoms with Crippen LogP contribution in [0.25, 0.3) is 0 Å². The van der Waals surface area contributed by atoms with E-state index in [4.69, 9.17) is 0 Å². The van der Waals surface area contributed by atoms with Gasteiger partial charge in [-0.2, -0.15) is 0 Å². The molecule has 0 saturated carbocycles. The predicted molar refractivity (Wildman–Crippen MR) is 81.1 cm³/mol. The highest BCUT2D eigenvalue weighted by Gasteiger charge is 2.17. The molecule has 0 amide bonds. The standard InChI is InChI=1S/C13H16BrN3O2S/c1-11(9-17-7-6-15-10-17)16-20(18,19)13-4-2-12(8-14)3-5-13/h2-7,10-11,16H,8-9H2,1H3. The molecule has 0 spiro atoms. The molecule has 1 unspecified atom stereocenters. The van der Waals surface area contributed by atoms with E-state index < -0.39 is 10.0 Å². The zero-order valence-corrected chi connectivity index (χ0v) is 13.4. The molecular formula is C13H16BrN3O2S. The van der Waals surface area contributed by atoms with E-state index >= 15 is 0 Å². The first kappa shape index (κ1) is 15.2. The van der Waals surface area contributed by atoms with Crippen LogP contribution in [0.15, 0.2) is 47.9 Å². The van der Waals surface area contributed by atoms with Crippen molar-refractivity contribution in [2.45, 2.75) is 29.7 Å². The minimum Gasteiger partial charge on any atom is -0.336 e. The third-order valence-corrected chi connectivity index (χ3v) is 5.04. The molecule has 0 saturated heterocycles. The lowest BCUT2D eigenvalue weighted by Crippen LogP contribution is -2.35. The Morgan fingerprint density at radius 1 is 1.35 bits per heavy atom. The van der Waals surface area contributed by atoms with Crippen LogP contribution in [0.2, 0.25) is 0 Å². The summed E-state index contributed by atoms with van der Waals surface area (Å²) in [6, 6.07) is 6.60. The number of alkyl halides is 1. The first-order valence-electron chi connectivity index (χ1n) is 6.14. The summed E-state index contributed by atoms with van der Waals surface area (Å²) in [5.74, 6) is 0. The second kappa shape index (κ2) is 6.51. The molecule has 1 atom stereocenters. The molecule has 5 nitrogen and oxygen atoms in total. The Morgan fingerprint density at radius 3 is 2.60 bits per heavy atom. The molecule has 0 aliphatic rings. The molecule has 0 radical (unpaired) electrons. The van der Waals surface area contributed by atoms with Crippen LogP contribution >= 0.6 is 15.9 Å². The summed E-state index contributed by atoms with van der Waals surface area (Å²) in [4.78, 5) is 4.21. The SMILES string of the molecule is CC(Cn1ccnc1)NS(=O)(=O)c1ccc(CBr)cc1. The molecule has 7 heteroatoms. The second-order valence-corrected chi connectivity index (χ2v) is 6.83. The van der Waals surface area contributed by atoms with Gasteiger partial charge in [-0.3, -0.25) is 0 Å². The molecule has 0 aliphatic carbocycles. The first-order valence-corrected chi connectivity index (χ1v) is 8.75. The predicted octanol–water partition coefficient (Wildman–Crippen LogP) is 2.14. The quantitative estimate of drug-likeness (QED) is 0.805. The molecule has 2 rings (SSSR count). The summed E-state index contributed by atoms with van der Waals surface area (Å²) in [7, 11) is -3.49. The molecular weight excluding hydrogens is 342 g/mol. The molecule has 20 heavy (non-hydrogen) atoms. The minimum absolute atomic E-state index is 0.218. The minimum atomic E-state index is -3.49. The molecule has 0 fully saturated rings. The van der Waals surface area contributed by atoms with E-state index in [1.807, 2.05) is 11.5 Å². The lowest BCUT2D eigenvalue weighted by atomic mass is 10.2. The number of halogens is 1. The number of sulfonamides is 1. The van der Waals surface area contributed by atoms with Crippen molar-refractivity contribution >= 4 is 26.0 Å². The highest BCUT2D eigenvalue weighted by molar-refractivity contribution is 9.08. The van der Waals surface area contributed by atoms with Crippen molar-refractivity contribution in [3.63, 3.8) is 0 Å². The lowest BCUT2D eigenvalue weighted by Gasteiger charge is -2.14. The van der Waals surface area contributed by atoms with Crippen LogP contribution in [-0.4, -0.2) is 24.0 Å². The van der Waals surface area contributed by atoms with Gasteiger partial charge >= 0.3 is 0 Å². The van der Waals surface area contributed by atoms with Crippen molar-refractivity contribution in [1.82, 2.24) is 14.3 Å². The van der Waals surface area contributed by atoms with Gasteiger partial charge in [0.25, 0.3) is 0 Å². The number of hydrogen-bond acceptors (Lipinski definition) is 3. The van der Waals surface area contributed by atoms with E-state index in [0.717, 1.165) is 5.56 Å². The van der Waals surface area contributed by atoms with Crippen molar-refractivity contribution in [3.05, 3.63) is 48.5 Å². The number of imidazole rings is 1. The lowest BCUT2D eigenvalue weighted by molar-refractivity contribution is 0.520. The highest BCUT2D eigenvalue weighted by atomic mass is 79.9. The van der Waals surface area contributed by atoms with Crippen molar-refractivity contribution in [2.24, 2.45) is 0 Å². The molecule has 1 heterocycles.